The van der Waals surface area contributed by atoms with Crippen molar-refractivity contribution in [2.24, 2.45) is 0 Å². The number of amides is 1. The van der Waals surface area contributed by atoms with Crippen LogP contribution in [-0.2, 0) is 0 Å². The highest BCUT2D eigenvalue weighted by atomic mass is 16.5. The molecular formula is C28H25NO4. The number of rotatable bonds is 4. The van der Waals surface area contributed by atoms with Crippen molar-refractivity contribution in [3.8, 4) is 5.75 Å². The molecule has 0 fully saturated rings. The van der Waals surface area contributed by atoms with Gasteiger partial charge in [0, 0.05) is 5.69 Å². The Hall–Kier alpha value is -3.86. The minimum absolute atomic E-state index is 0.108. The van der Waals surface area contributed by atoms with Gasteiger partial charge in [0.15, 0.2) is 5.43 Å². The van der Waals surface area contributed by atoms with E-state index in [0.717, 1.165) is 33.7 Å². The van der Waals surface area contributed by atoms with E-state index in [1.54, 1.807) is 4.90 Å². The zero-order chi connectivity index (χ0) is 23.3. The summed E-state index contributed by atoms with van der Waals surface area (Å²) in [6.07, 6.45) is 0. The molecule has 0 saturated carbocycles. The third-order valence-electron chi connectivity index (χ3n) is 6.27. The first-order chi connectivity index (χ1) is 15.9. The molecule has 1 atom stereocenters. The average molecular weight is 440 g/mol. The minimum atomic E-state index is -0.591. The van der Waals surface area contributed by atoms with Crippen LogP contribution in [0.5, 0.6) is 5.75 Å². The smallest absolute Gasteiger partial charge is 0.295 e. The van der Waals surface area contributed by atoms with Crippen LogP contribution in [0.15, 0.2) is 69.9 Å². The molecule has 33 heavy (non-hydrogen) atoms. The van der Waals surface area contributed by atoms with E-state index in [1.807, 2.05) is 88.4 Å². The van der Waals surface area contributed by atoms with Crippen molar-refractivity contribution in [3.63, 3.8) is 0 Å². The van der Waals surface area contributed by atoms with E-state index < -0.39 is 6.04 Å². The Morgan fingerprint density at radius 2 is 1.67 bits per heavy atom. The first kappa shape index (κ1) is 21.0. The van der Waals surface area contributed by atoms with Gasteiger partial charge in [0.2, 0.25) is 5.76 Å². The molecule has 5 heteroatoms. The highest BCUT2D eigenvalue weighted by molar-refractivity contribution is 6.10. The van der Waals surface area contributed by atoms with Crippen LogP contribution in [-0.4, -0.2) is 12.5 Å². The fourth-order valence-electron chi connectivity index (χ4n) is 4.50. The van der Waals surface area contributed by atoms with Crippen molar-refractivity contribution in [2.75, 3.05) is 11.5 Å². The number of carbonyl (C=O) groups excluding carboxylic acids is 1. The summed E-state index contributed by atoms with van der Waals surface area (Å²) in [6, 6.07) is 18.4. The molecule has 0 saturated heterocycles. The maximum Gasteiger partial charge on any atom is 0.295 e. The van der Waals surface area contributed by atoms with Crippen LogP contribution in [0.4, 0.5) is 5.69 Å². The van der Waals surface area contributed by atoms with Crippen molar-refractivity contribution < 1.29 is 13.9 Å². The molecule has 0 radical (unpaired) electrons. The third-order valence-corrected chi connectivity index (χ3v) is 6.27. The number of hydrogen-bond donors (Lipinski definition) is 0. The first-order valence-corrected chi connectivity index (χ1v) is 11.1. The number of anilines is 1. The molecule has 0 aliphatic carbocycles. The molecule has 0 bridgehead atoms. The van der Waals surface area contributed by atoms with E-state index in [0.29, 0.717) is 23.1 Å². The molecule has 5 rings (SSSR count). The lowest BCUT2D eigenvalue weighted by molar-refractivity contribution is 0.0971. The molecule has 1 unspecified atom stereocenters. The molecule has 1 aromatic heterocycles. The van der Waals surface area contributed by atoms with E-state index in [-0.39, 0.29) is 17.1 Å². The van der Waals surface area contributed by atoms with E-state index >= 15 is 0 Å². The molecule has 2 heterocycles. The summed E-state index contributed by atoms with van der Waals surface area (Å²) in [7, 11) is 0. The van der Waals surface area contributed by atoms with Crippen LogP contribution in [0.2, 0.25) is 0 Å². The van der Waals surface area contributed by atoms with Gasteiger partial charge in [0.25, 0.3) is 5.91 Å². The van der Waals surface area contributed by atoms with E-state index in [2.05, 4.69) is 0 Å². The molecular weight excluding hydrogens is 414 g/mol. The van der Waals surface area contributed by atoms with Crippen LogP contribution in [0, 0.1) is 20.8 Å². The van der Waals surface area contributed by atoms with Crippen LogP contribution in [0.1, 0.15) is 51.3 Å². The van der Waals surface area contributed by atoms with Gasteiger partial charge in [0.05, 0.1) is 23.6 Å². The fraction of sp³-hybridized carbons (Fsp3) is 0.214. The van der Waals surface area contributed by atoms with Gasteiger partial charge in [-0.25, -0.2) is 0 Å². The molecule has 1 aliphatic heterocycles. The van der Waals surface area contributed by atoms with Gasteiger partial charge in [-0.1, -0.05) is 24.3 Å². The second-order valence-electron chi connectivity index (χ2n) is 8.53. The van der Waals surface area contributed by atoms with Gasteiger partial charge in [-0.15, -0.1) is 0 Å². The molecule has 5 nitrogen and oxygen atoms in total. The number of benzene rings is 3. The molecule has 3 aromatic carbocycles. The summed E-state index contributed by atoms with van der Waals surface area (Å²) in [4.78, 5) is 29.1. The number of fused-ring (bicyclic) bond motifs is 2. The minimum Gasteiger partial charge on any atom is -0.494 e. The van der Waals surface area contributed by atoms with Crippen LogP contribution in [0.25, 0.3) is 11.0 Å². The Morgan fingerprint density at radius 1 is 0.939 bits per heavy atom. The lowest BCUT2D eigenvalue weighted by atomic mass is 9.97. The van der Waals surface area contributed by atoms with Crippen LogP contribution >= 0.6 is 0 Å². The number of ether oxygens (including phenoxy) is 1. The highest BCUT2D eigenvalue weighted by Gasteiger charge is 2.43. The summed E-state index contributed by atoms with van der Waals surface area (Å²) in [6.45, 7) is 8.40. The molecule has 0 spiro atoms. The second kappa shape index (κ2) is 7.93. The molecule has 0 N–H and O–H groups in total. The summed E-state index contributed by atoms with van der Waals surface area (Å²) < 4.78 is 11.7. The molecule has 4 aromatic rings. The summed E-state index contributed by atoms with van der Waals surface area (Å²) in [5, 5.41) is 0.492. The Labute approximate surface area is 192 Å². The quantitative estimate of drug-likeness (QED) is 0.399. The van der Waals surface area contributed by atoms with Crippen molar-refractivity contribution >= 4 is 22.6 Å². The van der Waals surface area contributed by atoms with Crippen molar-refractivity contribution in [1.82, 2.24) is 0 Å². The van der Waals surface area contributed by atoms with Gasteiger partial charge in [0.1, 0.15) is 11.3 Å². The summed E-state index contributed by atoms with van der Waals surface area (Å²) in [5.41, 5.74) is 5.23. The highest BCUT2D eigenvalue weighted by Crippen LogP contribution is 2.41. The topological polar surface area (TPSA) is 59.8 Å². The van der Waals surface area contributed by atoms with Crippen molar-refractivity contribution in [3.05, 3.63) is 104 Å². The lowest BCUT2D eigenvalue weighted by Crippen LogP contribution is -2.29. The second-order valence-corrected chi connectivity index (χ2v) is 8.53. The monoisotopic (exact) mass is 439 g/mol. The standard InChI is InChI=1S/C28H25NO4/c1-5-32-21-11-9-19(10-12-21)25-24-26(30)22-14-17(3)18(4)15-23(22)33-27(24)28(31)29(25)20-8-6-7-16(2)13-20/h6-15,25H,5H2,1-4H3. The number of hydrogen-bond acceptors (Lipinski definition) is 4. The van der Waals surface area contributed by atoms with Crippen molar-refractivity contribution in [1.29, 1.82) is 0 Å². The van der Waals surface area contributed by atoms with E-state index in [1.165, 1.54) is 0 Å². The fourth-order valence-corrected chi connectivity index (χ4v) is 4.50. The SMILES string of the molecule is CCOc1ccc(C2c3c(oc4cc(C)c(C)cc4c3=O)C(=O)N2c2cccc(C)c2)cc1. The number of carbonyl (C=O) groups is 1. The van der Waals surface area contributed by atoms with Gasteiger partial charge in [-0.05, 0) is 86.3 Å². The normalized spacial score (nSPS) is 15.2. The van der Waals surface area contributed by atoms with Gasteiger partial charge in [-0.2, -0.15) is 0 Å². The zero-order valence-electron chi connectivity index (χ0n) is 19.1. The number of nitrogens with zero attached hydrogens (tertiary/aromatic N) is 1. The summed E-state index contributed by atoms with van der Waals surface area (Å²) >= 11 is 0. The maximum absolute atomic E-state index is 13.8. The largest absolute Gasteiger partial charge is 0.494 e. The molecule has 1 aliphatic rings. The maximum atomic E-state index is 13.8. The average Bonchev–Trinajstić information content (AvgIpc) is 3.09. The van der Waals surface area contributed by atoms with Gasteiger partial charge < -0.3 is 9.15 Å². The van der Waals surface area contributed by atoms with Gasteiger partial charge in [-0.3, -0.25) is 14.5 Å². The predicted molar refractivity (Wildman–Crippen MR) is 129 cm³/mol. The molecule has 1 amide bonds. The van der Waals surface area contributed by atoms with Gasteiger partial charge >= 0.3 is 0 Å². The molecule has 166 valence electrons. The van der Waals surface area contributed by atoms with Crippen molar-refractivity contribution in [2.45, 2.75) is 33.7 Å². The van der Waals surface area contributed by atoms with E-state index in [9.17, 15) is 9.59 Å². The third kappa shape index (κ3) is 3.41. The Morgan fingerprint density at radius 3 is 2.36 bits per heavy atom. The van der Waals surface area contributed by atoms with E-state index in [4.69, 9.17) is 9.15 Å². The number of aryl methyl sites for hydroxylation is 3. The van der Waals surface area contributed by atoms with Crippen LogP contribution in [0.3, 0.4) is 0 Å². The lowest BCUT2D eigenvalue weighted by Gasteiger charge is -2.25. The Kier molecular flexibility index (Phi) is 5.05. The Bertz CT molecular complexity index is 1450. The predicted octanol–water partition coefficient (Wildman–Crippen LogP) is 5.87. The Balaban J connectivity index is 1.78. The first-order valence-electron chi connectivity index (χ1n) is 11.1. The summed E-state index contributed by atoms with van der Waals surface area (Å²) in [5.74, 6) is 0.535. The van der Waals surface area contributed by atoms with Crippen LogP contribution < -0.4 is 15.1 Å². The zero-order valence-corrected chi connectivity index (χ0v) is 19.1.